The van der Waals surface area contributed by atoms with E-state index in [1.54, 1.807) is 11.3 Å². The van der Waals surface area contributed by atoms with Crippen molar-refractivity contribution in [1.82, 2.24) is 4.90 Å². The third-order valence-corrected chi connectivity index (χ3v) is 7.58. The van der Waals surface area contributed by atoms with Gasteiger partial charge in [0.15, 0.2) is 5.60 Å². The molecule has 3 heterocycles. The van der Waals surface area contributed by atoms with Gasteiger partial charge in [-0.15, -0.1) is 0 Å². The molecular weight excluding hydrogens is 394 g/mol. The largest absolute Gasteiger partial charge is 0.449 e. The number of amides is 1. The molecule has 1 amide bonds. The van der Waals surface area contributed by atoms with Crippen molar-refractivity contribution in [2.45, 2.75) is 30.3 Å². The monoisotopic (exact) mass is 415 g/mol. The third kappa shape index (κ3) is 2.51. The van der Waals surface area contributed by atoms with E-state index in [4.69, 9.17) is 4.74 Å². The number of hydrogen-bond donors (Lipinski definition) is 0. The van der Waals surface area contributed by atoms with Crippen LogP contribution >= 0.6 is 11.3 Å². The quantitative estimate of drug-likeness (QED) is 0.580. The molecule has 3 aromatic rings. The van der Waals surface area contributed by atoms with E-state index in [0.29, 0.717) is 25.1 Å². The fraction of sp³-hybridized carbons (Fsp3) is 0.280. The lowest BCUT2D eigenvalue weighted by Crippen LogP contribution is -2.40. The minimum atomic E-state index is -0.678. The molecule has 30 heavy (non-hydrogen) atoms. The molecule has 0 bridgehead atoms. The summed E-state index contributed by atoms with van der Waals surface area (Å²) in [6.07, 6.45) is 2.42. The van der Waals surface area contributed by atoms with Crippen LogP contribution < -0.4 is 0 Å². The number of likely N-dealkylation sites (tertiary alicyclic amines) is 1. The Balaban J connectivity index is 1.25. The van der Waals surface area contributed by atoms with Crippen LogP contribution in [-0.2, 0) is 20.5 Å². The maximum Gasteiger partial charge on any atom is 0.339 e. The Bertz CT molecular complexity index is 1150. The van der Waals surface area contributed by atoms with E-state index < -0.39 is 11.0 Å². The number of carbonyl (C=O) groups is 2. The van der Waals surface area contributed by atoms with Crippen LogP contribution in [-0.4, -0.2) is 29.9 Å². The van der Waals surface area contributed by atoms with Gasteiger partial charge in [0, 0.05) is 18.5 Å². The zero-order valence-corrected chi connectivity index (χ0v) is 17.3. The molecule has 2 aromatic carbocycles. The first-order chi connectivity index (χ1) is 14.6. The van der Waals surface area contributed by atoms with E-state index in [-0.39, 0.29) is 11.9 Å². The Morgan fingerprint density at radius 2 is 1.77 bits per heavy atom. The number of rotatable bonds is 3. The highest BCUT2D eigenvalue weighted by Crippen LogP contribution is 2.52. The highest BCUT2D eigenvalue weighted by Gasteiger charge is 2.57. The average Bonchev–Trinajstić information content (AvgIpc) is 3.13. The summed E-state index contributed by atoms with van der Waals surface area (Å²) in [5, 5.41) is 4.21. The van der Waals surface area contributed by atoms with Crippen LogP contribution in [0.15, 0.2) is 65.4 Å². The van der Waals surface area contributed by atoms with E-state index in [1.165, 1.54) is 11.1 Å². The Kier molecular flexibility index (Phi) is 3.75. The standard InChI is InChI=1S/C25H21NO3S/c27-22-20-3-1-2-4-21(20)25(29-22)12-13-26(16-25)23(28)24(10-11-24)19-7-5-17(6-8-19)18-9-14-30-15-18/h1-9,14-15H,10-13,16H2. The molecule has 0 N–H and O–H groups in total. The van der Waals surface area contributed by atoms with Crippen LogP contribution in [0, 0.1) is 0 Å². The molecule has 4 nitrogen and oxygen atoms in total. The summed E-state index contributed by atoms with van der Waals surface area (Å²) >= 11 is 1.69. The van der Waals surface area contributed by atoms with E-state index >= 15 is 0 Å². The van der Waals surface area contributed by atoms with Crippen LogP contribution in [0.3, 0.4) is 0 Å². The van der Waals surface area contributed by atoms with Gasteiger partial charge in [-0.25, -0.2) is 4.79 Å². The Hall–Kier alpha value is -2.92. The third-order valence-electron chi connectivity index (χ3n) is 6.90. The minimum absolute atomic E-state index is 0.170. The summed E-state index contributed by atoms with van der Waals surface area (Å²) in [5.41, 5.74) is 3.95. The van der Waals surface area contributed by atoms with Crippen LogP contribution in [0.25, 0.3) is 11.1 Å². The molecule has 2 aliphatic heterocycles. The van der Waals surface area contributed by atoms with Gasteiger partial charge in [0.2, 0.25) is 5.91 Å². The highest BCUT2D eigenvalue weighted by atomic mass is 32.1. The summed E-state index contributed by atoms with van der Waals surface area (Å²) in [5.74, 6) is -0.104. The molecule has 1 atom stereocenters. The van der Waals surface area contributed by atoms with Crippen LogP contribution in [0.1, 0.15) is 40.7 Å². The maximum atomic E-state index is 13.6. The number of thiophene rings is 1. The van der Waals surface area contributed by atoms with Crippen molar-refractivity contribution in [3.8, 4) is 11.1 Å². The van der Waals surface area contributed by atoms with Crippen molar-refractivity contribution in [1.29, 1.82) is 0 Å². The van der Waals surface area contributed by atoms with Crippen molar-refractivity contribution in [2.24, 2.45) is 0 Å². The molecule has 1 aromatic heterocycles. The van der Waals surface area contributed by atoms with E-state index in [0.717, 1.165) is 24.0 Å². The number of nitrogens with zero attached hydrogens (tertiary/aromatic N) is 1. The average molecular weight is 416 g/mol. The second kappa shape index (κ2) is 6.29. The van der Waals surface area contributed by atoms with Gasteiger partial charge < -0.3 is 9.64 Å². The fourth-order valence-corrected chi connectivity index (χ4v) is 5.73. The molecule has 3 aliphatic rings. The Labute approximate surface area is 179 Å². The van der Waals surface area contributed by atoms with E-state index in [9.17, 15) is 9.59 Å². The fourth-order valence-electron chi connectivity index (χ4n) is 5.07. The molecule has 1 unspecified atom stereocenters. The number of benzene rings is 2. The molecule has 1 aliphatic carbocycles. The molecular formula is C25H21NO3S. The van der Waals surface area contributed by atoms with Crippen molar-refractivity contribution in [3.05, 3.63) is 82.0 Å². The van der Waals surface area contributed by atoms with Crippen molar-refractivity contribution < 1.29 is 14.3 Å². The minimum Gasteiger partial charge on any atom is -0.449 e. The zero-order valence-electron chi connectivity index (χ0n) is 16.5. The SMILES string of the molecule is O=C1OC2(CCN(C(=O)C3(c4ccc(-c5ccsc5)cc4)CC3)C2)c2ccccc21. The van der Waals surface area contributed by atoms with Crippen molar-refractivity contribution in [3.63, 3.8) is 0 Å². The van der Waals surface area contributed by atoms with Gasteiger partial charge in [-0.1, -0.05) is 42.5 Å². The first-order valence-electron chi connectivity index (χ1n) is 10.4. The van der Waals surface area contributed by atoms with E-state index in [1.807, 2.05) is 29.2 Å². The lowest BCUT2D eigenvalue weighted by Gasteiger charge is -2.27. The smallest absolute Gasteiger partial charge is 0.339 e. The molecule has 1 spiro atoms. The molecule has 0 radical (unpaired) electrons. The molecule has 5 heteroatoms. The predicted molar refractivity (Wildman–Crippen MR) is 115 cm³/mol. The lowest BCUT2D eigenvalue weighted by atomic mass is 9.91. The summed E-state index contributed by atoms with van der Waals surface area (Å²) in [4.78, 5) is 27.8. The van der Waals surface area contributed by atoms with Crippen LogP contribution in [0.2, 0.25) is 0 Å². The molecule has 1 saturated heterocycles. The van der Waals surface area contributed by atoms with Gasteiger partial charge in [-0.2, -0.15) is 11.3 Å². The van der Waals surface area contributed by atoms with Crippen molar-refractivity contribution >= 4 is 23.2 Å². The molecule has 1 saturated carbocycles. The maximum absolute atomic E-state index is 13.6. The second-order valence-electron chi connectivity index (χ2n) is 8.58. The summed E-state index contributed by atoms with van der Waals surface area (Å²) < 4.78 is 5.82. The summed E-state index contributed by atoms with van der Waals surface area (Å²) in [6, 6.07) is 18.1. The zero-order chi connectivity index (χ0) is 20.3. The number of esters is 1. The number of hydrogen-bond acceptors (Lipinski definition) is 4. The Morgan fingerprint density at radius 3 is 2.50 bits per heavy atom. The summed E-state index contributed by atoms with van der Waals surface area (Å²) in [6.45, 7) is 1.07. The molecule has 150 valence electrons. The Morgan fingerprint density at radius 1 is 0.967 bits per heavy atom. The topological polar surface area (TPSA) is 46.6 Å². The number of ether oxygens (including phenoxy) is 1. The lowest BCUT2D eigenvalue weighted by molar-refractivity contribution is -0.134. The van der Waals surface area contributed by atoms with Crippen LogP contribution in [0.5, 0.6) is 0 Å². The highest BCUT2D eigenvalue weighted by molar-refractivity contribution is 7.08. The summed E-state index contributed by atoms with van der Waals surface area (Å²) in [7, 11) is 0. The first-order valence-corrected chi connectivity index (χ1v) is 11.3. The second-order valence-corrected chi connectivity index (χ2v) is 9.36. The van der Waals surface area contributed by atoms with E-state index in [2.05, 4.69) is 41.1 Å². The van der Waals surface area contributed by atoms with Gasteiger partial charge in [0.25, 0.3) is 0 Å². The van der Waals surface area contributed by atoms with Gasteiger partial charge in [-0.3, -0.25) is 4.79 Å². The normalized spacial score (nSPS) is 23.5. The molecule has 2 fully saturated rings. The van der Waals surface area contributed by atoms with Crippen LogP contribution in [0.4, 0.5) is 0 Å². The van der Waals surface area contributed by atoms with Gasteiger partial charge in [0.05, 0.1) is 17.5 Å². The van der Waals surface area contributed by atoms with Crippen molar-refractivity contribution in [2.75, 3.05) is 13.1 Å². The predicted octanol–water partition coefficient (Wildman–Crippen LogP) is 4.74. The van der Waals surface area contributed by atoms with Gasteiger partial charge in [0.1, 0.15) is 0 Å². The van der Waals surface area contributed by atoms with Gasteiger partial charge in [-0.05, 0) is 52.4 Å². The number of fused-ring (bicyclic) bond motifs is 2. The first kappa shape index (κ1) is 17.9. The number of carbonyl (C=O) groups excluding carboxylic acids is 2. The molecule has 6 rings (SSSR count). The van der Waals surface area contributed by atoms with Gasteiger partial charge >= 0.3 is 5.97 Å².